The number of aromatic nitrogens is 2. The van der Waals surface area contributed by atoms with Crippen molar-refractivity contribution in [2.75, 3.05) is 5.32 Å². The van der Waals surface area contributed by atoms with Crippen molar-refractivity contribution < 1.29 is 5.11 Å². The highest BCUT2D eigenvalue weighted by atomic mass is 35.5. The molecule has 9 heteroatoms. The van der Waals surface area contributed by atoms with Gasteiger partial charge in [0.2, 0.25) is 0 Å². The summed E-state index contributed by atoms with van der Waals surface area (Å²) < 4.78 is 0. The number of benzene rings is 1. The summed E-state index contributed by atoms with van der Waals surface area (Å²) in [7, 11) is 0. The van der Waals surface area contributed by atoms with Gasteiger partial charge in [0.25, 0.3) is 5.56 Å². The predicted octanol–water partition coefficient (Wildman–Crippen LogP) is 0.418. The fraction of sp³-hybridized carbons (Fsp3) is 0.333. The molecule has 2 aromatic rings. The van der Waals surface area contributed by atoms with Crippen molar-refractivity contribution in [3.8, 4) is 5.75 Å². The second-order valence-electron chi connectivity index (χ2n) is 6.15. The molecule has 2 aliphatic rings. The van der Waals surface area contributed by atoms with Gasteiger partial charge in [0.1, 0.15) is 11.6 Å². The molecule has 24 heavy (non-hydrogen) atoms. The first-order chi connectivity index (χ1) is 11.5. The van der Waals surface area contributed by atoms with E-state index in [4.69, 9.17) is 11.6 Å². The number of aromatic hydroxyl groups is 1. The number of hydrogen-bond donors (Lipinski definition) is 6. The third kappa shape index (κ3) is 2.22. The minimum Gasteiger partial charge on any atom is -0.508 e. The predicted molar refractivity (Wildman–Crippen MR) is 89.3 cm³/mol. The van der Waals surface area contributed by atoms with Crippen molar-refractivity contribution in [2.45, 2.75) is 25.0 Å². The lowest BCUT2D eigenvalue weighted by molar-refractivity contribution is 0.374. The molecule has 0 spiro atoms. The Bertz CT molecular complexity index is 924. The molecule has 1 aromatic heterocycles. The first-order valence-corrected chi connectivity index (χ1v) is 7.96. The maximum Gasteiger partial charge on any atom is 0.327 e. The molecule has 4 unspecified atom stereocenters. The number of rotatable bonds is 1. The van der Waals surface area contributed by atoms with Crippen molar-refractivity contribution >= 4 is 17.4 Å². The van der Waals surface area contributed by atoms with Crippen molar-refractivity contribution in [1.82, 2.24) is 20.8 Å². The third-order valence-corrected chi connectivity index (χ3v) is 4.96. The van der Waals surface area contributed by atoms with Gasteiger partial charge in [-0.1, -0.05) is 11.6 Å². The first kappa shape index (κ1) is 15.3. The van der Waals surface area contributed by atoms with Gasteiger partial charge in [-0.3, -0.25) is 20.2 Å². The Labute approximate surface area is 141 Å². The highest BCUT2D eigenvalue weighted by molar-refractivity contribution is 6.30. The van der Waals surface area contributed by atoms with Crippen LogP contribution in [0.1, 0.15) is 24.0 Å². The molecule has 0 aliphatic carbocycles. The summed E-state index contributed by atoms with van der Waals surface area (Å²) in [6, 6.07) is 4.77. The second-order valence-corrected chi connectivity index (χ2v) is 6.59. The summed E-state index contributed by atoms with van der Waals surface area (Å²) in [6.07, 6.45) is -0.215. The molecule has 0 bridgehead atoms. The minimum atomic E-state index is -0.585. The first-order valence-electron chi connectivity index (χ1n) is 7.58. The lowest BCUT2D eigenvalue weighted by Crippen LogP contribution is -2.47. The summed E-state index contributed by atoms with van der Waals surface area (Å²) in [5.74, 6) is -0.115. The molecular formula is C15H16ClN5O3. The Morgan fingerprint density at radius 3 is 2.75 bits per heavy atom. The van der Waals surface area contributed by atoms with E-state index < -0.39 is 17.2 Å². The molecule has 0 amide bonds. The van der Waals surface area contributed by atoms with Gasteiger partial charge in [0, 0.05) is 28.5 Å². The Hall–Kier alpha value is -2.29. The van der Waals surface area contributed by atoms with E-state index in [1.54, 1.807) is 12.1 Å². The number of H-pyrrole nitrogens is 2. The largest absolute Gasteiger partial charge is 0.508 e. The number of hydrazine groups is 1. The van der Waals surface area contributed by atoms with Gasteiger partial charge < -0.3 is 10.4 Å². The van der Waals surface area contributed by atoms with Crippen LogP contribution in [0.25, 0.3) is 0 Å². The number of aromatic amines is 2. The zero-order valence-corrected chi connectivity index (χ0v) is 13.4. The van der Waals surface area contributed by atoms with Crippen LogP contribution < -0.4 is 27.4 Å². The third-order valence-electron chi connectivity index (χ3n) is 4.73. The van der Waals surface area contributed by atoms with E-state index in [2.05, 4.69) is 26.1 Å². The number of nitrogens with one attached hydrogen (secondary N) is 5. The molecule has 1 aromatic carbocycles. The molecular weight excluding hydrogens is 334 g/mol. The molecule has 8 nitrogen and oxygen atoms in total. The summed E-state index contributed by atoms with van der Waals surface area (Å²) in [5.41, 5.74) is 6.11. The highest BCUT2D eigenvalue weighted by Gasteiger charge is 2.46. The van der Waals surface area contributed by atoms with Crippen LogP contribution in [0.4, 0.5) is 5.82 Å². The lowest BCUT2D eigenvalue weighted by Gasteiger charge is -2.36. The zero-order chi connectivity index (χ0) is 17.0. The Morgan fingerprint density at radius 2 is 1.96 bits per heavy atom. The fourth-order valence-corrected chi connectivity index (χ4v) is 3.89. The van der Waals surface area contributed by atoms with E-state index in [0.717, 1.165) is 0 Å². The normalized spacial score (nSPS) is 28.1. The standard InChI is InChI=1S/C15H16ClN5O3/c1-5-9-10(7-4-6(16)2-3-8(7)22)11-12(17-13(9)21-20-5)18-15(24)19-14(11)23/h2-5,9-10,13,20-22H,1H3,(H3,17,18,19,23,24). The fourth-order valence-electron chi connectivity index (χ4n) is 3.71. The Balaban J connectivity index is 2.00. The van der Waals surface area contributed by atoms with Gasteiger partial charge in [-0.05, 0) is 25.1 Å². The number of hydrogen-bond acceptors (Lipinski definition) is 6. The lowest BCUT2D eigenvalue weighted by atomic mass is 9.74. The molecule has 126 valence electrons. The smallest absolute Gasteiger partial charge is 0.327 e. The number of fused-ring (bicyclic) bond motifs is 2. The summed E-state index contributed by atoms with van der Waals surface area (Å²) >= 11 is 6.11. The van der Waals surface area contributed by atoms with Gasteiger partial charge in [-0.2, -0.15) is 0 Å². The minimum absolute atomic E-state index is 0.0189. The van der Waals surface area contributed by atoms with Crippen LogP contribution >= 0.6 is 11.6 Å². The van der Waals surface area contributed by atoms with Crippen LogP contribution in [-0.4, -0.2) is 27.3 Å². The van der Waals surface area contributed by atoms with Gasteiger partial charge >= 0.3 is 5.69 Å². The average Bonchev–Trinajstić information content (AvgIpc) is 2.88. The maximum atomic E-state index is 12.5. The molecule has 1 fully saturated rings. The van der Waals surface area contributed by atoms with E-state index >= 15 is 0 Å². The molecule has 0 radical (unpaired) electrons. The molecule has 3 heterocycles. The number of phenols is 1. The van der Waals surface area contributed by atoms with Crippen molar-refractivity contribution in [3.63, 3.8) is 0 Å². The Kier molecular flexibility index (Phi) is 3.41. The van der Waals surface area contributed by atoms with Crippen LogP contribution in [0.2, 0.25) is 5.02 Å². The van der Waals surface area contributed by atoms with E-state index in [1.807, 2.05) is 6.92 Å². The molecule has 0 saturated carbocycles. The van der Waals surface area contributed by atoms with E-state index in [1.165, 1.54) is 6.07 Å². The van der Waals surface area contributed by atoms with Crippen molar-refractivity contribution in [2.24, 2.45) is 5.92 Å². The summed E-state index contributed by atoms with van der Waals surface area (Å²) in [6.45, 7) is 1.98. The van der Waals surface area contributed by atoms with Crippen LogP contribution in [0.5, 0.6) is 5.75 Å². The average molecular weight is 350 g/mol. The number of halogens is 1. The van der Waals surface area contributed by atoms with Gasteiger partial charge in [-0.15, -0.1) is 0 Å². The van der Waals surface area contributed by atoms with Gasteiger partial charge in [0.15, 0.2) is 0 Å². The monoisotopic (exact) mass is 349 g/mol. The van der Waals surface area contributed by atoms with Gasteiger partial charge in [-0.25, -0.2) is 10.2 Å². The van der Waals surface area contributed by atoms with Crippen LogP contribution in [0.3, 0.4) is 0 Å². The molecule has 4 rings (SSSR count). The molecule has 4 atom stereocenters. The SMILES string of the molecule is CC1NNC2Nc3[nH]c(=O)[nH]c(=O)c3C(c3cc(Cl)ccc3O)C12. The van der Waals surface area contributed by atoms with Crippen molar-refractivity contribution in [3.05, 3.63) is 55.2 Å². The topological polar surface area (TPSA) is 122 Å². The molecule has 6 N–H and O–H groups in total. The summed E-state index contributed by atoms with van der Waals surface area (Å²) in [4.78, 5) is 29.0. The molecule has 2 aliphatic heterocycles. The van der Waals surface area contributed by atoms with Crippen LogP contribution in [0.15, 0.2) is 27.8 Å². The maximum absolute atomic E-state index is 12.5. The quantitative estimate of drug-likeness (QED) is 0.443. The van der Waals surface area contributed by atoms with Gasteiger partial charge in [0.05, 0.1) is 11.7 Å². The van der Waals surface area contributed by atoms with Crippen LogP contribution in [0, 0.1) is 5.92 Å². The van der Waals surface area contributed by atoms with E-state index in [-0.39, 0.29) is 23.9 Å². The van der Waals surface area contributed by atoms with Crippen LogP contribution in [-0.2, 0) is 0 Å². The molecule has 1 saturated heterocycles. The second kappa shape index (κ2) is 5.37. The van der Waals surface area contributed by atoms with E-state index in [9.17, 15) is 14.7 Å². The van der Waals surface area contributed by atoms with Crippen molar-refractivity contribution in [1.29, 1.82) is 0 Å². The number of anilines is 1. The highest BCUT2D eigenvalue weighted by Crippen LogP contribution is 2.45. The zero-order valence-electron chi connectivity index (χ0n) is 12.7. The van der Waals surface area contributed by atoms with E-state index in [0.29, 0.717) is 22.0 Å². The Morgan fingerprint density at radius 1 is 1.17 bits per heavy atom. The summed E-state index contributed by atoms with van der Waals surface area (Å²) in [5, 5.41) is 14.0. The number of phenolic OH excluding ortho intramolecular Hbond substituents is 1.